The van der Waals surface area contributed by atoms with Crippen LogP contribution in [0.2, 0.25) is 0 Å². The number of para-hydroxylation sites is 1. The Kier molecular flexibility index (Phi) is 3.69. The van der Waals surface area contributed by atoms with Crippen molar-refractivity contribution in [2.45, 2.75) is 25.8 Å². The average Bonchev–Trinajstić information content (AvgIpc) is 2.63. The second-order valence-electron chi connectivity index (χ2n) is 4.72. The number of nitrogens with two attached hydrogens (primary N) is 1. The molecule has 17 heavy (non-hydrogen) atoms. The molecule has 2 rings (SSSR count). The summed E-state index contributed by atoms with van der Waals surface area (Å²) < 4.78 is 2.16. The number of nitrogens with zero attached hydrogens (tertiary/aromatic N) is 1. The van der Waals surface area contributed by atoms with E-state index in [2.05, 4.69) is 54.3 Å². The molecule has 0 fully saturated rings. The molecule has 0 radical (unpaired) electrons. The summed E-state index contributed by atoms with van der Waals surface area (Å²) in [5, 5.41) is 4.78. The Balaban J connectivity index is 2.04. The summed E-state index contributed by atoms with van der Waals surface area (Å²) in [6.45, 7) is 3.04. The van der Waals surface area contributed by atoms with Gasteiger partial charge in [-0.1, -0.05) is 18.2 Å². The molecule has 2 aromatic rings. The summed E-state index contributed by atoms with van der Waals surface area (Å²) in [6, 6.07) is 8.74. The van der Waals surface area contributed by atoms with Crippen LogP contribution < -0.4 is 11.1 Å². The molecular formula is C14H21N3. The van der Waals surface area contributed by atoms with Gasteiger partial charge in [-0.2, -0.15) is 0 Å². The number of hydrogen-bond donors (Lipinski definition) is 2. The van der Waals surface area contributed by atoms with Crippen molar-refractivity contribution < 1.29 is 0 Å². The number of nitrogens with one attached hydrogen (secondary N) is 1. The Morgan fingerprint density at radius 3 is 2.88 bits per heavy atom. The smallest absolute Gasteiger partial charge is 0.0599 e. The number of fused-ring (bicyclic) bond motifs is 1. The van der Waals surface area contributed by atoms with Gasteiger partial charge in [0.05, 0.1) is 5.69 Å². The third kappa shape index (κ3) is 2.80. The van der Waals surface area contributed by atoms with E-state index >= 15 is 0 Å². The SMILES string of the molecule is CC(N)CCCNc1cn(C)c2ccccc12. The van der Waals surface area contributed by atoms with Gasteiger partial charge in [0.25, 0.3) is 0 Å². The average molecular weight is 231 g/mol. The normalized spacial score (nSPS) is 12.9. The van der Waals surface area contributed by atoms with E-state index in [1.807, 2.05) is 0 Å². The number of aryl methyl sites for hydroxylation is 1. The van der Waals surface area contributed by atoms with Crippen molar-refractivity contribution in [2.75, 3.05) is 11.9 Å². The lowest BCUT2D eigenvalue weighted by Gasteiger charge is -2.06. The molecule has 1 aromatic carbocycles. The van der Waals surface area contributed by atoms with Gasteiger partial charge < -0.3 is 15.6 Å². The molecule has 0 amide bonds. The standard InChI is InChI=1S/C14H21N3/c1-11(15)6-5-9-16-13-10-17(2)14-8-4-3-7-12(13)14/h3-4,7-8,10-11,16H,5-6,9,15H2,1-2H3. The molecule has 0 saturated carbocycles. The number of anilines is 1. The molecule has 0 aliphatic carbocycles. The quantitative estimate of drug-likeness (QED) is 0.777. The lowest BCUT2D eigenvalue weighted by Crippen LogP contribution is -2.16. The summed E-state index contributed by atoms with van der Waals surface area (Å²) in [5.74, 6) is 0. The maximum atomic E-state index is 5.73. The van der Waals surface area contributed by atoms with Gasteiger partial charge in [-0.15, -0.1) is 0 Å². The zero-order valence-corrected chi connectivity index (χ0v) is 10.6. The fraction of sp³-hybridized carbons (Fsp3) is 0.429. The molecule has 3 heteroatoms. The van der Waals surface area contributed by atoms with Gasteiger partial charge in [-0.25, -0.2) is 0 Å². The predicted molar refractivity (Wildman–Crippen MR) is 74.3 cm³/mol. The third-order valence-corrected chi connectivity index (χ3v) is 3.05. The highest BCUT2D eigenvalue weighted by atomic mass is 15.0. The van der Waals surface area contributed by atoms with Crippen LogP contribution in [0.15, 0.2) is 30.5 Å². The first-order valence-electron chi connectivity index (χ1n) is 6.22. The Labute approximate surface area is 103 Å². The summed E-state index contributed by atoms with van der Waals surface area (Å²) in [7, 11) is 2.08. The van der Waals surface area contributed by atoms with Crippen LogP contribution in [0.3, 0.4) is 0 Å². The zero-order chi connectivity index (χ0) is 12.3. The van der Waals surface area contributed by atoms with Crippen molar-refractivity contribution in [1.82, 2.24) is 4.57 Å². The summed E-state index contributed by atoms with van der Waals surface area (Å²) in [5.41, 5.74) is 8.22. The molecule has 1 unspecified atom stereocenters. The first kappa shape index (κ1) is 12.0. The molecule has 0 bridgehead atoms. The molecule has 92 valence electrons. The summed E-state index contributed by atoms with van der Waals surface area (Å²) >= 11 is 0. The first-order valence-corrected chi connectivity index (χ1v) is 6.22. The molecule has 3 N–H and O–H groups in total. The molecule has 0 saturated heterocycles. The van der Waals surface area contributed by atoms with E-state index in [9.17, 15) is 0 Å². The Morgan fingerprint density at radius 2 is 2.12 bits per heavy atom. The van der Waals surface area contributed by atoms with E-state index < -0.39 is 0 Å². The molecule has 3 nitrogen and oxygen atoms in total. The topological polar surface area (TPSA) is 43.0 Å². The Morgan fingerprint density at radius 1 is 1.35 bits per heavy atom. The number of aromatic nitrogens is 1. The number of benzene rings is 1. The second kappa shape index (κ2) is 5.23. The van der Waals surface area contributed by atoms with Crippen LogP contribution in [0.1, 0.15) is 19.8 Å². The van der Waals surface area contributed by atoms with Gasteiger partial charge in [0, 0.05) is 36.7 Å². The van der Waals surface area contributed by atoms with Crippen molar-refractivity contribution in [2.24, 2.45) is 12.8 Å². The summed E-state index contributed by atoms with van der Waals surface area (Å²) in [6.07, 6.45) is 4.33. The van der Waals surface area contributed by atoms with Crippen molar-refractivity contribution in [1.29, 1.82) is 0 Å². The minimum atomic E-state index is 0.296. The van der Waals surface area contributed by atoms with Crippen molar-refractivity contribution in [3.05, 3.63) is 30.5 Å². The number of hydrogen-bond acceptors (Lipinski definition) is 2. The van der Waals surface area contributed by atoms with Crippen LogP contribution in [0.25, 0.3) is 10.9 Å². The monoisotopic (exact) mass is 231 g/mol. The lowest BCUT2D eigenvalue weighted by atomic mass is 10.2. The van der Waals surface area contributed by atoms with Gasteiger partial charge in [-0.05, 0) is 25.8 Å². The maximum absolute atomic E-state index is 5.73. The van der Waals surface area contributed by atoms with E-state index in [-0.39, 0.29) is 0 Å². The van der Waals surface area contributed by atoms with Crippen LogP contribution >= 0.6 is 0 Å². The van der Waals surface area contributed by atoms with Crippen LogP contribution in [0, 0.1) is 0 Å². The van der Waals surface area contributed by atoms with Crippen LogP contribution in [-0.2, 0) is 7.05 Å². The van der Waals surface area contributed by atoms with Crippen molar-refractivity contribution in [3.8, 4) is 0 Å². The van der Waals surface area contributed by atoms with Crippen LogP contribution in [0.5, 0.6) is 0 Å². The van der Waals surface area contributed by atoms with Crippen LogP contribution in [-0.4, -0.2) is 17.2 Å². The predicted octanol–water partition coefficient (Wildman–Crippen LogP) is 2.72. The van der Waals surface area contributed by atoms with E-state index in [0.717, 1.165) is 19.4 Å². The maximum Gasteiger partial charge on any atom is 0.0599 e. The Hall–Kier alpha value is -1.48. The summed E-state index contributed by atoms with van der Waals surface area (Å²) in [4.78, 5) is 0. The molecule has 0 aliphatic rings. The highest BCUT2D eigenvalue weighted by molar-refractivity contribution is 5.92. The van der Waals surface area contributed by atoms with Gasteiger partial charge in [0.2, 0.25) is 0 Å². The molecular weight excluding hydrogens is 210 g/mol. The lowest BCUT2D eigenvalue weighted by molar-refractivity contribution is 0.639. The van der Waals surface area contributed by atoms with Gasteiger partial charge in [0.15, 0.2) is 0 Å². The zero-order valence-electron chi connectivity index (χ0n) is 10.6. The third-order valence-electron chi connectivity index (χ3n) is 3.05. The van der Waals surface area contributed by atoms with E-state index in [4.69, 9.17) is 5.73 Å². The highest BCUT2D eigenvalue weighted by Crippen LogP contribution is 2.24. The molecule has 1 atom stereocenters. The van der Waals surface area contributed by atoms with E-state index in [1.165, 1.54) is 16.6 Å². The van der Waals surface area contributed by atoms with Gasteiger partial charge in [-0.3, -0.25) is 0 Å². The molecule has 1 aromatic heterocycles. The first-order chi connectivity index (χ1) is 8.18. The fourth-order valence-corrected chi connectivity index (χ4v) is 2.13. The van der Waals surface area contributed by atoms with Gasteiger partial charge in [0.1, 0.15) is 0 Å². The van der Waals surface area contributed by atoms with Crippen molar-refractivity contribution in [3.63, 3.8) is 0 Å². The fourth-order valence-electron chi connectivity index (χ4n) is 2.13. The minimum absolute atomic E-state index is 0.296. The van der Waals surface area contributed by atoms with Gasteiger partial charge >= 0.3 is 0 Å². The van der Waals surface area contributed by atoms with Crippen molar-refractivity contribution >= 4 is 16.6 Å². The van der Waals surface area contributed by atoms with E-state index in [0.29, 0.717) is 6.04 Å². The van der Waals surface area contributed by atoms with E-state index in [1.54, 1.807) is 0 Å². The Bertz CT molecular complexity index is 485. The van der Waals surface area contributed by atoms with Crippen LogP contribution in [0.4, 0.5) is 5.69 Å². The molecule has 0 spiro atoms. The highest BCUT2D eigenvalue weighted by Gasteiger charge is 2.04. The second-order valence-corrected chi connectivity index (χ2v) is 4.72. The molecule has 1 heterocycles. The number of rotatable bonds is 5. The largest absolute Gasteiger partial charge is 0.383 e. The molecule has 0 aliphatic heterocycles. The minimum Gasteiger partial charge on any atom is -0.383 e.